The lowest BCUT2D eigenvalue weighted by Crippen LogP contribution is -2.40. The summed E-state index contributed by atoms with van der Waals surface area (Å²) in [5.74, 6) is -1.03. The van der Waals surface area contributed by atoms with Gasteiger partial charge in [-0.15, -0.1) is 0 Å². The summed E-state index contributed by atoms with van der Waals surface area (Å²) in [5.41, 5.74) is -0.802. The Hall–Kier alpha value is -2.09. The van der Waals surface area contributed by atoms with Gasteiger partial charge in [-0.25, -0.2) is 0 Å². The summed E-state index contributed by atoms with van der Waals surface area (Å²) < 4.78 is 37.2. The molecule has 0 aromatic heterocycles. The molecule has 1 unspecified atom stereocenters. The molecule has 5 nitrogen and oxygen atoms in total. The van der Waals surface area contributed by atoms with Gasteiger partial charge in [-0.3, -0.25) is 9.59 Å². The molecule has 0 bridgehead atoms. The van der Waals surface area contributed by atoms with Crippen LogP contribution in [0, 0.1) is 0 Å². The minimum absolute atomic E-state index is 0.0326. The van der Waals surface area contributed by atoms with E-state index in [2.05, 4.69) is 10.6 Å². The maximum atomic E-state index is 12.4. The quantitative estimate of drug-likeness (QED) is 0.711. The zero-order valence-corrected chi connectivity index (χ0v) is 12.6. The molecule has 2 amide bonds. The Bertz CT molecular complexity index is 530. The third kappa shape index (κ3) is 6.68. The number of benzene rings is 1. The SMILES string of the molecule is CC(CCCO)NC(=O)CNC(=O)c1ccc(C(F)(F)F)cc1. The number of aliphatic hydroxyl groups excluding tert-OH is 1. The molecule has 0 aliphatic heterocycles. The van der Waals surface area contributed by atoms with Crippen LogP contribution in [0.1, 0.15) is 35.7 Å². The lowest BCUT2D eigenvalue weighted by molar-refractivity contribution is -0.137. The Morgan fingerprint density at radius 1 is 1.22 bits per heavy atom. The highest BCUT2D eigenvalue weighted by Gasteiger charge is 2.30. The van der Waals surface area contributed by atoms with Crippen LogP contribution < -0.4 is 10.6 Å². The summed E-state index contributed by atoms with van der Waals surface area (Å²) in [6.07, 6.45) is -3.30. The first kappa shape index (κ1) is 19.0. The summed E-state index contributed by atoms with van der Waals surface area (Å²) in [5, 5.41) is 13.7. The third-order valence-electron chi connectivity index (χ3n) is 3.09. The molecule has 0 fully saturated rings. The largest absolute Gasteiger partial charge is 0.416 e. The second kappa shape index (κ2) is 8.52. The Morgan fingerprint density at radius 3 is 2.35 bits per heavy atom. The molecule has 0 aliphatic rings. The van der Waals surface area contributed by atoms with E-state index in [0.717, 1.165) is 24.3 Å². The summed E-state index contributed by atoms with van der Waals surface area (Å²) >= 11 is 0. The maximum absolute atomic E-state index is 12.4. The molecule has 128 valence electrons. The molecule has 3 N–H and O–H groups in total. The number of nitrogens with one attached hydrogen (secondary N) is 2. The molecular formula is C15H19F3N2O3. The van der Waals surface area contributed by atoms with E-state index < -0.39 is 23.6 Å². The van der Waals surface area contributed by atoms with Crippen molar-refractivity contribution in [2.75, 3.05) is 13.2 Å². The molecule has 0 heterocycles. The fourth-order valence-corrected chi connectivity index (χ4v) is 1.87. The van der Waals surface area contributed by atoms with Crippen LogP contribution in [0.15, 0.2) is 24.3 Å². The number of carbonyl (C=O) groups is 2. The monoisotopic (exact) mass is 332 g/mol. The first-order valence-electron chi connectivity index (χ1n) is 7.09. The predicted octanol–water partition coefficient (Wildman–Crippen LogP) is 1.71. The van der Waals surface area contributed by atoms with Gasteiger partial charge in [0, 0.05) is 18.2 Å². The van der Waals surface area contributed by atoms with Crippen LogP contribution in [0.5, 0.6) is 0 Å². The van der Waals surface area contributed by atoms with Crippen LogP contribution in [-0.2, 0) is 11.0 Å². The van der Waals surface area contributed by atoms with Crippen molar-refractivity contribution in [2.45, 2.75) is 32.0 Å². The highest BCUT2D eigenvalue weighted by atomic mass is 19.4. The minimum Gasteiger partial charge on any atom is -0.396 e. The van der Waals surface area contributed by atoms with Gasteiger partial charge in [0.15, 0.2) is 0 Å². The van der Waals surface area contributed by atoms with Crippen molar-refractivity contribution in [3.8, 4) is 0 Å². The van der Waals surface area contributed by atoms with Gasteiger partial charge >= 0.3 is 6.18 Å². The second-order valence-corrected chi connectivity index (χ2v) is 5.09. The predicted molar refractivity (Wildman–Crippen MR) is 77.7 cm³/mol. The van der Waals surface area contributed by atoms with E-state index in [1.165, 1.54) is 0 Å². The van der Waals surface area contributed by atoms with Crippen molar-refractivity contribution in [3.05, 3.63) is 35.4 Å². The van der Waals surface area contributed by atoms with Crippen LogP contribution in [0.4, 0.5) is 13.2 Å². The fraction of sp³-hybridized carbons (Fsp3) is 0.467. The normalized spacial score (nSPS) is 12.6. The second-order valence-electron chi connectivity index (χ2n) is 5.09. The van der Waals surface area contributed by atoms with E-state index in [1.54, 1.807) is 6.92 Å². The molecular weight excluding hydrogens is 313 g/mol. The molecule has 0 spiro atoms. The Kier molecular flexibility index (Phi) is 7.02. The number of halogens is 3. The topological polar surface area (TPSA) is 78.4 Å². The molecule has 0 saturated heterocycles. The molecule has 0 saturated carbocycles. The van der Waals surface area contributed by atoms with Crippen molar-refractivity contribution in [3.63, 3.8) is 0 Å². The lowest BCUT2D eigenvalue weighted by atomic mass is 10.1. The zero-order valence-electron chi connectivity index (χ0n) is 12.6. The van der Waals surface area contributed by atoms with E-state index in [9.17, 15) is 22.8 Å². The lowest BCUT2D eigenvalue weighted by Gasteiger charge is -2.13. The molecule has 0 aliphatic carbocycles. The summed E-state index contributed by atoms with van der Waals surface area (Å²) in [7, 11) is 0. The van der Waals surface area contributed by atoms with Crippen LogP contribution in [0.25, 0.3) is 0 Å². The van der Waals surface area contributed by atoms with Gasteiger partial charge in [0.25, 0.3) is 5.91 Å². The maximum Gasteiger partial charge on any atom is 0.416 e. The first-order valence-corrected chi connectivity index (χ1v) is 7.09. The van der Waals surface area contributed by atoms with Crippen molar-refractivity contribution >= 4 is 11.8 Å². The molecule has 23 heavy (non-hydrogen) atoms. The van der Waals surface area contributed by atoms with E-state index in [0.29, 0.717) is 12.8 Å². The Balaban J connectivity index is 2.46. The number of hydrogen-bond acceptors (Lipinski definition) is 3. The zero-order chi connectivity index (χ0) is 17.5. The van der Waals surface area contributed by atoms with Gasteiger partial charge in [-0.2, -0.15) is 13.2 Å². The van der Waals surface area contributed by atoms with Crippen molar-refractivity contribution in [1.82, 2.24) is 10.6 Å². The van der Waals surface area contributed by atoms with Crippen molar-refractivity contribution in [1.29, 1.82) is 0 Å². The number of alkyl halides is 3. The summed E-state index contributed by atoms with van der Waals surface area (Å²) in [4.78, 5) is 23.4. The van der Waals surface area contributed by atoms with E-state index in [4.69, 9.17) is 5.11 Å². The van der Waals surface area contributed by atoms with Gasteiger partial charge in [0.05, 0.1) is 12.1 Å². The number of rotatable bonds is 7. The van der Waals surface area contributed by atoms with Gasteiger partial charge in [-0.1, -0.05) is 0 Å². The van der Waals surface area contributed by atoms with E-state index in [1.807, 2.05) is 0 Å². The number of aliphatic hydroxyl groups is 1. The highest BCUT2D eigenvalue weighted by molar-refractivity contribution is 5.96. The Morgan fingerprint density at radius 2 is 1.83 bits per heavy atom. The van der Waals surface area contributed by atoms with Gasteiger partial charge in [0.1, 0.15) is 0 Å². The van der Waals surface area contributed by atoms with Crippen molar-refractivity contribution < 1.29 is 27.9 Å². The van der Waals surface area contributed by atoms with Crippen LogP contribution in [0.2, 0.25) is 0 Å². The van der Waals surface area contributed by atoms with Gasteiger partial charge in [-0.05, 0) is 44.0 Å². The molecule has 1 aromatic rings. The summed E-state index contributed by atoms with van der Waals surface area (Å²) in [6, 6.07) is 3.59. The molecule has 1 rings (SSSR count). The average molecular weight is 332 g/mol. The van der Waals surface area contributed by atoms with Gasteiger partial charge < -0.3 is 15.7 Å². The number of hydrogen-bond donors (Lipinski definition) is 3. The van der Waals surface area contributed by atoms with Crippen LogP contribution in [-0.4, -0.2) is 36.1 Å². The molecule has 8 heteroatoms. The summed E-state index contributed by atoms with van der Waals surface area (Å²) in [6.45, 7) is 1.53. The number of carbonyl (C=O) groups excluding carboxylic acids is 2. The van der Waals surface area contributed by atoms with Gasteiger partial charge in [0.2, 0.25) is 5.91 Å². The first-order chi connectivity index (χ1) is 10.7. The van der Waals surface area contributed by atoms with Crippen LogP contribution in [0.3, 0.4) is 0 Å². The molecule has 0 radical (unpaired) electrons. The fourth-order valence-electron chi connectivity index (χ4n) is 1.87. The van der Waals surface area contributed by atoms with E-state index in [-0.39, 0.29) is 24.8 Å². The van der Waals surface area contributed by atoms with Crippen molar-refractivity contribution in [2.24, 2.45) is 0 Å². The standard InChI is InChI=1S/C15H19F3N2O3/c1-10(3-2-8-21)20-13(22)9-19-14(23)11-4-6-12(7-5-11)15(16,17)18/h4-7,10,21H,2-3,8-9H2,1H3,(H,19,23)(H,20,22). The molecule has 1 atom stereocenters. The van der Waals surface area contributed by atoms with E-state index >= 15 is 0 Å². The third-order valence-corrected chi connectivity index (χ3v) is 3.09. The minimum atomic E-state index is -4.46. The smallest absolute Gasteiger partial charge is 0.396 e. The average Bonchev–Trinajstić information content (AvgIpc) is 2.49. The Labute approximate surface area is 131 Å². The molecule has 1 aromatic carbocycles. The van der Waals surface area contributed by atoms with Crippen LogP contribution >= 0.6 is 0 Å². The number of amides is 2. The highest BCUT2D eigenvalue weighted by Crippen LogP contribution is 2.28.